The fraction of sp³-hybridized carbons (Fsp3) is 0.667. The molecule has 18 heavy (non-hydrogen) atoms. The summed E-state index contributed by atoms with van der Waals surface area (Å²) in [5.41, 5.74) is 6.60. The van der Waals surface area contributed by atoms with Gasteiger partial charge in [-0.1, -0.05) is 0 Å². The minimum absolute atomic E-state index is 0.354. The third-order valence-corrected chi connectivity index (χ3v) is 3.17. The van der Waals surface area contributed by atoms with E-state index in [4.69, 9.17) is 10.5 Å². The van der Waals surface area contributed by atoms with Gasteiger partial charge in [-0.05, 0) is 6.92 Å². The molecule has 0 amide bonds. The van der Waals surface area contributed by atoms with Gasteiger partial charge in [0.05, 0.1) is 6.61 Å². The van der Waals surface area contributed by atoms with Crippen LogP contribution in [0.1, 0.15) is 5.69 Å². The zero-order valence-electron chi connectivity index (χ0n) is 11.1. The predicted molar refractivity (Wildman–Crippen MR) is 71.7 cm³/mol. The van der Waals surface area contributed by atoms with Crippen LogP contribution in [0.25, 0.3) is 0 Å². The molecule has 0 aliphatic carbocycles. The van der Waals surface area contributed by atoms with Crippen LogP contribution in [0.5, 0.6) is 0 Å². The molecule has 6 heteroatoms. The third-order valence-electron chi connectivity index (χ3n) is 3.17. The zero-order chi connectivity index (χ0) is 13.0. The van der Waals surface area contributed by atoms with E-state index in [1.54, 1.807) is 7.11 Å². The topological polar surface area (TPSA) is 67.5 Å². The van der Waals surface area contributed by atoms with E-state index in [1.165, 1.54) is 0 Å². The standard InChI is InChI=1S/C12H21N5O/c1-10-9-11(15-12(13)14-10)17-5-3-16(4-6-17)7-8-18-2/h9H,3-8H2,1-2H3,(H2,13,14,15). The Hall–Kier alpha value is -1.40. The summed E-state index contributed by atoms with van der Waals surface area (Å²) in [6.07, 6.45) is 0. The number of piperazine rings is 1. The van der Waals surface area contributed by atoms with E-state index in [1.807, 2.05) is 13.0 Å². The number of hydrogen-bond acceptors (Lipinski definition) is 6. The SMILES string of the molecule is COCCN1CCN(c2cc(C)nc(N)n2)CC1. The van der Waals surface area contributed by atoms with Gasteiger partial charge in [-0.3, -0.25) is 4.90 Å². The quantitative estimate of drug-likeness (QED) is 0.821. The Kier molecular flexibility index (Phi) is 4.33. The lowest BCUT2D eigenvalue weighted by molar-refractivity contribution is 0.144. The first-order chi connectivity index (χ1) is 8.69. The number of anilines is 2. The number of ether oxygens (including phenoxy) is 1. The minimum Gasteiger partial charge on any atom is -0.383 e. The van der Waals surface area contributed by atoms with Crippen LogP contribution < -0.4 is 10.6 Å². The van der Waals surface area contributed by atoms with Gasteiger partial charge >= 0.3 is 0 Å². The maximum Gasteiger partial charge on any atom is 0.222 e. The second-order valence-corrected chi connectivity index (χ2v) is 4.55. The van der Waals surface area contributed by atoms with E-state index in [2.05, 4.69) is 19.8 Å². The molecule has 0 atom stereocenters. The summed E-state index contributed by atoms with van der Waals surface area (Å²) in [4.78, 5) is 13.1. The Labute approximate surface area is 108 Å². The Balaban J connectivity index is 1.92. The summed E-state index contributed by atoms with van der Waals surface area (Å²) in [5, 5.41) is 0. The van der Waals surface area contributed by atoms with Crippen molar-refractivity contribution in [3.05, 3.63) is 11.8 Å². The number of nitrogens with two attached hydrogens (primary N) is 1. The molecule has 0 radical (unpaired) electrons. The second-order valence-electron chi connectivity index (χ2n) is 4.55. The molecule has 0 bridgehead atoms. The van der Waals surface area contributed by atoms with Crippen molar-refractivity contribution in [1.29, 1.82) is 0 Å². The van der Waals surface area contributed by atoms with E-state index in [0.29, 0.717) is 5.95 Å². The number of hydrogen-bond donors (Lipinski definition) is 1. The van der Waals surface area contributed by atoms with Gasteiger partial charge in [0.2, 0.25) is 5.95 Å². The van der Waals surface area contributed by atoms with Gasteiger partial charge < -0.3 is 15.4 Å². The van der Waals surface area contributed by atoms with Crippen molar-refractivity contribution in [3.63, 3.8) is 0 Å². The molecule has 0 saturated carbocycles. The fourth-order valence-electron chi connectivity index (χ4n) is 2.16. The average Bonchev–Trinajstić information content (AvgIpc) is 2.36. The van der Waals surface area contributed by atoms with E-state index < -0.39 is 0 Å². The number of nitrogens with zero attached hydrogens (tertiary/aromatic N) is 4. The normalized spacial score (nSPS) is 17.1. The number of nitrogen functional groups attached to an aromatic ring is 1. The molecule has 1 saturated heterocycles. The molecule has 0 spiro atoms. The molecule has 2 heterocycles. The van der Waals surface area contributed by atoms with Crippen LogP contribution in [0, 0.1) is 6.92 Å². The molecule has 100 valence electrons. The van der Waals surface area contributed by atoms with Crippen LogP contribution in [-0.4, -0.2) is 61.3 Å². The van der Waals surface area contributed by atoms with Gasteiger partial charge in [-0.2, -0.15) is 4.98 Å². The Morgan fingerprint density at radius 1 is 1.28 bits per heavy atom. The molecular weight excluding hydrogens is 230 g/mol. The lowest BCUT2D eigenvalue weighted by Crippen LogP contribution is -2.47. The van der Waals surface area contributed by atoms with Crippen molar-refractivity contribution in [2.75, 3.05) is 57.1 Å². The van der Waals surface area contributed by atoms with E-state index in [9.17, 15) is 0 Å². The highest BCUT2D eigenvalue weighted by Crippen LogP contribution is 2.15. The van der Waals surface area contributed by atoms with E-state index in [0.717, 1.165) is 50.8 Å². The first kappa shape index (κ1) is 13.0. The molecule has 2 N–H and O–H groups in total. The highest BCUT2D eigenvalue weighted by Gasteiger charge is 2.18. The Morgan fingerprint density at radius 2 is 2.00 bits per heavy atom. The zero-order valence-corrected chi connectivity index (χ0v) is 11.1. The van der Waals surface area contributed by atoms with Crippen molar-refractivity contribution in [2.45, 2.75) is 6.92 Å². The van der Waals surface area contributed by atoms with Crippen LogP contribution in [0.2, 0.25) is 0 Å². The molecule has 6 nitrogen and oxygen atoms in total. The number of aromatic nitrogens is 2. The van der Waals surface area contributed by atoms with Gasteiger partial charge in [-0.25, -0.2) is 4.98 Å². The molecule has 1 aromatic heterocycles. The lowest BCUT2D eigenvalue weighted by Gasteiger charge is -2.35. The van der Waals surface area contributed by atoms with E-state index in [-0.39, 0.29) is 0 Å². The first-order valence-corrected chi connectivity index (χ1v) is 6.26. The smallest absolute Gasteiger partial charge is 0.222 e. The highest BCUT2D eigenvalue weighted by molar-refractivity contribution is 5.43. The molecular formula is C12H21N5O. The summed E-state index contributed by atoms with van der Waals surface area (Å²) in [7, 11) is 1.74. The number of rotatable bonds is 4. The molecule has 1 aliphatic heterocycles. The largest absolute Gasteiger partial charge is 0.383 e. The van der Waals surface area contributed by atoms with Gasteiger partial charge in [-0.15, -0.1) is 0 Å². The molecule has 2 rings (SSSR count). The third kappa shape index (κ3) is 3.30. The van der Waals surface area contributed by atoms with Gasteiger partial charge in [0.15, 0.2) is 0 Å². The summed E-state index contributed by atoms with van der Waals surface area (Å²) in [5.74, 6) is 1.29. The maximum atomic E-state index is 5.68. The van der Waals surface area contributed by atoms with Crippen molar-refractivity contribution < 1.29 is 4.74 Å². The van der Waals surface area contributed by atoms with Crippen molar-refractivity contribution in [1.82, 2.24) is 14.9 Å². The first-order valence-electron chi connectivity index (χ1n) is 6.26. The van der Waals surface area contributed by atoms with Crippen LogP contribution in [0.15, 0.2) is 6.07 Å². The summed E-state index contributed by atoms with van der Waals surface area (Å²) < 4.78 is 5.10. The molecule has 1 fully saturated rings. The monoisotopic (exact) mass is 251 g/mol. The Bertz CT molecular complexity index is 370. The summed E-state index contributed by atoms with van der Waals surface area (Å²) in [6, 6.07) is 1.99. The van der Waals surface area contributed by atoms with Crippen LogP contribution in [-0.2, 0) is 4.74 Å². The fourth-order valence-corrected chi connectivity index (χ4v) is 2.16. The predicted octanol–water partition coefficient (Wildman–Crippen LogP) is 0.136. The molecule has 1 aromatic rings. The maximum absolute atomic E-state index is 5.68. The van der Waals surface area contributed by atoms with Gasteiger partial charge in [0, 0.05) is 51.6 Å². The lowest BCUT2D eigenvalue weighted by atomic mass is 10.3. The highest BCUT2D eigenvalue weighted by atomic mass is 16.5. The molecule has 1 aliphatic rings. The van der Waals surface area contributed by atoms with E-state index >= 15 is 0 Å². The summed E-state index contributed by atoms with van der Waals surface area (Å²) in [6.45, 7) is 7.74. The minimum atomic E-state index is 0.354. The molecule has 0 unspecified atom stereocenters. The average molecular weight is 251 g/mol. The number of aryl methyl sites for hydroxylation is 1. The van der Waals surface area contributed by atoms with Crippen molar-refractivity contribution >= 4 is 11.8 Å². The second kappa shape index (κ2) is 5.97. The van der Waals surface area contributed by atoms with Crippen molar-refractivity contribution in [3.8, 4) is 0 Å². The van der Waals surface area contributed by atoms with Crippen LogP contribution in [0.3, 0.4) is 0 Å². The van der Waals surface area contributed by atoms with Gasteiger partial charge in [0.1, 0.15) is 5.82 Å². The van der Waals surface area contributed by atoms with Crippen LogP contribution in [0.4, 0.5) is 11.8 Å². The van der Waals surface area contributed by atoms with Crippen molar-refractivity contribution in [2.24, 2.45) is 0 Å². The van der Waals surface area contributed by atoms with Crippen LogP contribution >= 0.6 is 0 Å². The number of methoxy groups -OCH3 is 1. The van der Waals surface area contributed by atoms with Gasteiger partial charge in [0.25, 0.3) is 0 Å². The summed E-state index contributed by atoms with van der Waals surface area (Å²) >= 11 is 0. The Morgan fingerprint density at radius 3 is 2.61 bits per heavy atom. The molecule has 0 aromatic carbocycles.